The number of carbonyl (C=O) groups excluding carboxylic acids is 3. The number of amides is 3. The van der Waals surface area contributed by atoms with Gasteiger partial charge in [0.1, 0.15) is 10.9 Å². The molecule has 3 amide bonds. The molecule has 0 saturated heterocycles. The van der Waals surface area contributed by atoms with Crippen molar-refractivity contribution in [3.63, 3.8) is 0 Å². The highest BCUT2D eigenvalue weighted by Gasteiger charge is 2.35. The number of nitrogens with one attached hydrogen (secondary N) is 1. The molecule has 1 atom stereocenters. The van der Waals surface area contributed by atoms with Crippen molar-refractivity contribution < 1.29 is 14.4 Å². The van der Waals surface area contributed by atoms with E-state index in [-0.39, 0.29) is 28.7 Å². The van der Waals surface area contributed by atoms with Crippen LogP contribution in [0, 0.1) is 6.92 Å². The standard InChI is InChI=1S/C27H25N5O3S/c1-17-12-14-19(15-13-17)23(26(34)30-16-18-8-4-2-5-9-18)32(20-10-6-3-7-11-20)27(35)24-21(28)22(25(29)33)31-36-24/h2-15,23H,16,28H2,1H3,(H2,29,33)(H,30,34). The summed E-state index contributed by atoms with van der Waals surface area (Å²) in [6.07, 6.45) is 0. The maximum Gasteiger partial charge on any atom is 0.273 e. The Morgan fingerprint density at radius 3 is 2.14 bits per heavy atom. The van der Waals surface area contributed by atoms with Crippen LogP contribution in [0.25, 0.3) is 0 Å². The molecule has 0 bridgehead atoms. The van der Waals surface area contributed by atoms with Crippen molar-refractivity contribution in [2.24, 2.45) is 5.73 Å². The van der Waals surface area contributed by atoms with Gasteiger partial charge in [0.15, 0.2) is 5.69 Å². The molecule has 0 aliphatic rings. The highest BCUT2D eigenvalue weighted by Crippen LogP contribution is 2.33. The quantitative estimate of drug-likeness (QED) is 0.339. The van der Waals surface area contributed by atoms with Crippen LogP contribution in [0.3, 0.4) is 0 Å². The van der Waals surface area contributed by atoms with E-state index >= 15 is 0 Å². The minimum Gasteiger partial charge on any atom is -0.395 e. The molecule has 0 aliphatic carbocycles. The number of nitrogens with zero attached hydrogens (tertiary/aromatic N) is 2. The first-order valence-corrected chi connectivity index (χ1v) is 12.0. The van der Waals surface area contributed by atoms with E-state index < -0.39 is 17.9 Å². The monoisotopic (exact) mass is 499 g/mol. The van der Waals surface area contributed by atoms with E-state index in [1.807, 2.05) is 67.6 Å². The van der Waals surface area contributed by atoms with Gasteiger partial charge >= 0.3 is 0 Å². The van der Waals surface area contributed by atoms with Crippen LogP contribution < -0.4 is 21.7 Å². The third-order valence-electron chi connectivity index (χ3n) is 5.62. The second kappa shape index (κ2) is 10.8. The molecule has 0 spiro atoms. The summed E-state index contributed by atoms with van der Waals surface area (Å²) in [4.78, 5) is 40.8. The fourth-order valence-corrected chi connectivity index (χ4v) is 4.50. The molecule has 0 fully saturated rings. The van der Waals surface area contributed by atoms with Crippen molar-refractivity contribution in [3.8, 4) is 0 Å². The predicted molar refractivity (Wildman–Crippen MR) is 141 cm³/mol. The summed E-state index contributed by atoms with van der Waals surface area (Å²) in [5.74, 6) is -1.77. The maximum atomic E-state index is 13.9. The molecule has 1 aromatic heterocycles. The third-order valence-corrected chi connectivity index (χ3v) is 6.47. The van der Waals surface area contributed by atoms with Crippen molar-refractivity contribution in [1.29, 1.82) is 0 Å². The van der Waals surface area contributed by atoms with E-state index in [1.165, 1.54) is 4.90 Å². The number of carbonyl (C=O) groups is 3. The molecule has 182 valence electrons. The average molecular weight is 500 g/mol. The zero-order chi connectivity index (χ0) is 25.7. The van der Waals surface area contributed by atoms with Gasteiger partial charge < -0.3 is 16.8 Å². The Morgan fingerprint density at radius 1 is 0.944 bits per heavy atom. The van der Waals surface area contributed by atoms with Crippen LogP contribution in [0.2, 0.25) is 0 Å². The number of benzene rings is 3. The lowest BCUT2D eigenvalue weighted by atomic mass is 10.0. The number of para-hydroxylation sites is 1. The van der Waals surface area contributed by atoms with Crippen LogP contribution >= 0.6 is 11.5 Å². The van der Waals surface area contributed by atoms with Gasteiger partial charge in [-0.3, -0.25) is 19.3 Å². The molecule has 5 N–H and O–H groups in total. The largest absolute Gasteiger partial charge is 0.395 e. The van der Waals surface area contributed by atoms with Crippen LogP contribution in [0.4, 0.5) is 11.4 Å². The Bertz CT molecular complexity index is 1370. The number of aryl methyl sites for hydroxylation is 1. The first-order valence-electron chi connectivity index (χ1n) is 11.2. The Kier molecular flexibility index (Phi) is 7.41. The van der Waals surface area contributed by atoms with Gasteiger partial charge in [0.05, 0.1) is 5.69 Å². The lowest BCUT2D eigenvalue weighted by molar-refractivity contribution is -0.122. The third kappa shape index (κ3) is 5.26. The van der Waals surface area contributed by atoms with E-state index in [2.05, 4.69) is 9.69 Å². The first-order chi connectivity index (χ1) is 17.4. The minimum absolute atomic E-state index is 0.0284. The van der Waals surface area contributed by atoms with Crippen molar-refractivity contribution in [1.82, 2.24) is 9.69 Å². The molecule has 36 heavy (non-hydrogen) atoms. The Morgan fingerprint density at radius 2 is 1.56 bits per heavy atom. The second-order valence-electron chi connectivity index (χ2n) is 8.17. The number of hydrogen-bond acceptors (Lipinski definition) is 6. The van der Waals surface area contributed by atoms with Gasteiger partial charge in [0, 0.05) is 12.2 Å². The molecule has 8 nitrogen and oxygen atoms in total. The lowest BCUT2D eigenvalue weighted by Gasteiger charge is -2.31. The van der Waals surface area contributed by atoms with Crippen molar-refractivity contribution in [3.05, 3.63) is 112 Å². The van der Waals surface area contributed by atoms with E-state index in [0.29, 0.717) is 11.3 Å². The Hall–Kier alpha value is -4.50. The number of hydrogen-bond donors (Lipinski definition) is 3. The van der Waals surface area contributed by atoms with E-state index in [1.54, 1.807) is 24.3 Å². The summed E-state index contributed by atoms with van der Waals surface area (Å²) >= 11 is 0.774. The number of rotatable bonds is 8. The molecule has 4 aromatic rings. The number of aromatic nitrogens is 1. The van der Waals surface area contributed by atoms with Crippen LogP contribution in [0.1, 0.15) is 42.9 Å². The number of nitrogen functional groups attached to an aromatic ring is 1. The molecule has 4 rings (SSSR count). The number of anilines is 2. The normalized spacial score (nSPS) is 11.5. The fraction of sp³-hybridized carbons (Fsp3) is 0.111. The van der Waals surface area contributed by atoms with Gasteiger partial charge in [-0.25, -0.2) is 0 Å². The highest BCUT2D eigenvalue weighted by atomic mass is 32.1. The van der Waals surface area contributed by atoms with Gasteiger partial charge in [0.2, 0.25) is 5.91 Å². The van der Waals surface area contributed by atoms with Gasteiger partial charge in [-0.1, -0.05) is 78.4 Å². The van der Waals surface area contributed by atoms with Crippen LogP contribution in [0.15, 0.2) is 84.9 Å². The highest BCUT2D eigenvalue weighted by molar-refractivity contribution is 7.09. The Balaban J connectivity index is 1.80. The van der Waals surface area contributed by atoms with Crippen LogP contribution in [-0.2, 0) is 11.3 Å². The van der Waals surface area contributed by atoms with Crippen molar-refractivity contribution >= 4 is 40.6 Å². The van der Waals surface area contributed by atoms with Gasteiger partial charge in [-0.15, -0.1) is 0 Å². The number of primary amides is 1. The van der Waals surface area contributed by atoms with Crippen LogP contribution in [-0.4, -0.2) is 22.1 Å². The molecule has 1 unspecified atom stereocenters. The fourth-order valence-electron chi connectivity index (χ4n) is 3.76. The Labute approximate surface area is 212 Å². The molecule has 0 saturated carbocycles. The lowest BCUT2D eigenvalue weighted by Crippen LogP contribution is -2.44. The average Bonchev–Trinajstić information content (AvgIpc) is 3.29. The summed E-state index contributed by atoms with van der Waals surface area (Å²) in [7, 11) is 0. The van der Waals surface area contributed by atoms with Crippen molar-refractivity contribution in [2.45, 2.75) is 19.5 Å². The molecule has 9 heteroatoms. The smallest absolute Gasteiger partial charge is 0.273 e. The molecular weight excluding hydrogens is 474 g/mol. The van der Waals surface area contributed by atoms with E-state index in [0.717, 1.165) is 22.7 Å². The summed E-state index contributed by atoms with van der Waals surface area (Å²) in [6, 6.07) is 24.7. The number of nitrogens with two attached hydrogens (primary N) is 2. The van der Waals surface area contributed by atoms with Gasteiger partial charge in [0.25, 0.3) is 11.8 Å². The topological polar surface area (TPSA) is 131 Å². The molecule has 1 heterocycles. The first kappa shape index (κ1) is 24.6. The van der Waals surface area contributed by atoms with Gasteiger partial charge in [-0.2, -0.15) is 4.37 Å². The second-order valence-corrected chi connectivity index (χ2v) is 8.94. The molecular formula is C27H25N5O3S. The molecule has 0 radical (unpaired) electrons. The van der Waals surface area contributed by atoms with Gasteiger partial charge in [-0.05, 0) is 41.7 Å². The summed E-state index contributed by atoms with van der Waals surface area (Å²) in [6.45, 7) is 2.23. The summed E-state index contributed by atoms with van der Waals surface area (Å²) in [5, 5.41) is 2.96. The molecule has 0 aliphatic heterocycles. The predicted octanol–water partition coefficient (Wildman–Crippen LogP) is 3.84. The maximum absolute atomic E-state index is 13.9. The van der Waals surface area contributed by atoms with E-state index in [9.17, 15) is 14.4 Å². The summed E-state index contributed by atoms with van der Waals surface area (Å²) < 4.78 is 3.97. The van der Waals surface area contributed by atoms with Crippen molar-refractivity contribution in [2.75, 3.05) is 10.6 Å². The summed E-state index contributed by atoms with van der Waals surface area (Å²) in [5.41, 5.74) is 14.2. The van der Waals surface area contributed by atoms with E-state index in [4.69, 9.17) is 11.5 Å². The van der Waals surface area contributed by atoms with Crippen LogP contribution in [0.5, 0.6) is 0 Å². The molecule has 3 aromatic carbocycles. The minimum atomic E-state index is -1.03. The zero-order valence-electron chi connectivity index (χ0n) is 19.5. The zero-order valence-corrected chi connectivity index (χ0v) is 20.4. The SMILES string of the molecule is Cc1ccc(C(C(=O)NCc2ccccc2)N(C(=O)c2snc(C(N)=O)c2N)c2ccccc2)cc1.